The van der Waals surface area contributed by atoms with E-state index in [0.29, 0.717) is 17.2 Å². The molecule has 0 aromatic heterocycles. The van der Waals surface area contributed by atoms with Crippen LogP contribution >= 0.6 is 0 Å². The van der Waals surface area contributed by atoms with Crippen molar-refractivity contribution in [3.8, 4) is 17.6 Å². The maximum atomic E-state index is 10.6. The Kier molecular flexibility index (Phi) is 4.00. The van der Waals surface area contributed by atoms with E-state index < -0.39 is 0 Å². The number of rotatable bonds is 4. The van der Waals surface area contributed by atoms with Crippen molar-refractivity contribution in [1.82, 2.24) is 10.2 Å². The summed E-state index contributed by atoms with van der Waals surface area (Å²) in [4.78, 5) is 2.39. The fraction of sp³-hybridized carbons (Fsp3) is 0.562. The van der Waals surface area contributed by atoms with Crippen molar-refractivity contribution < 1.29 is 9.84 Å². The minimum atomic E-state index is 0.122. The van der Waals surface area contributed by atoms with Crippen LogP contribution in [0.1, 0.15) is 30.0 Å². The highest BCUT2D eigenvalue weighted by molar-refractivity contribution is 5.55. The summed E-state index contributed by atoms with van der Waals surface area (Å²) in [5.41, 5.74) is 1.31. The average Bonchev–Trinajstić information content (AvgIpc) is 3.35. The van der Waals surface area contributed by atoms with Gasteiger partial charge < -0.3 is 15.2 Å². The van der Waals surface area contributed by atoms with E-state index in [1.807, 2.05) is 0 Å². The zero-order valence-corrected chi connectivity index (χ0v) is 12.3. The van der Waals surface area contributed by atoms with Gasteiger partial charge in [0.25, 0.3) is 0 Å². The van der Waals surface area contributed by atoms with Crippen molar-refractivity contribution in [2.75, 3.05) is 33.3 Å². The summed E-state index contributed by atoms with van der Waals surface area (Å²) in [6.45, 7) is 3.80. The molecule has 5 nitrogen and oxygen atoms in total. The second kappa shape index (κ2) is 5.92. The molecule has 1 aromatic rings. The van der Waals surface area contributed by atoms with Gasteiger partial charge in [0.15, 0.2) is 11.5 Å². The van der Waals surface area contributed by atoms with Gasteiger partial charge in [-0.15, -0.1) is 0 Å². The van der Waals surface area contributed by atoms with Crippen LogP contribution in [0.25, 0.3) is 0 Å². The first-order chi connectivity index (χ1) is 10.3. The largest absolute Gasteiger partial charge is 0.504 e. The molecule has 1 saturated heterocycles. The lowest BCUT2D eigenvalue weighted by molar-refractivity contribution is 0.153. The Morgan fingerprint density at radius 3 is 2.67 bits per heavy atom. The first-order valence-electron chi connectivity index (χ1n) is 7.51. The number of piperazine rings is 1. The molecule has 0 unspecified atom stereocenters. The van der Waals surface area contributed by atoms with E-state index in [9.17, 15) is 10.4 Å². The third kappa shape index (κ3) is 2.69. The van der Waals surface area contributed by atoms with E-state index in [4.69, 9.17) is 4.74 Å². The minimum Gasteiger partial charge on any atom is -0.504 e. The lowest BCUT2D eigenvalue weighted by Gasteiger charge is -2.36. The maximum Gasteiger partial charge on any atom is 0.163 e. The van der Waals surface area contributed by atoms with Crippen molar-refractivity contribution in [3.05, 3.63) is 23.3 Å². The van der Waals surface area contributed by atoms with E-state index in [-0.39, 0.29) is 11.8 Å². The number of aromatic hydroxyl groups is 1. The number of phenols is 1. The van der Waals surface area contributed by atoms with E-state index in [0.717, 1.165) is 44.6 Å². The summed E-state index contributed by atoms with van der Waals surface area (Å²) in [7, 11) is 1.54. The molecule has 3 rings (SSSR count). The maximum absolute atomic E-state index is 10.6. The van der Waals surface area contributed by atoms with E-state index in [2.05, 4.69) is 16.3 Å². The van der Waals surface area contributed by atoms with Gasteiger partial charge in [0.2, 0.25) is 0 Å². The molecule has 1 aliphatic carbocycles. The molecule has 0 amide bonds. The number of hydrogen-bond acceptors (Lipinski definition) is 5. The van der Waals surface area contributed by atoms with Crippen LogP contribution in [0.5, 0.6) is 11.5 Å². The second-order valence-electron chi connectivity index (χ2n) is 5.76. The molecular formula is C16H21N3O2. The SMILES string of the molecule is COc1ccc(C#N)c([C@H](C2CC2)N2CCNCC2)c1O. The smallest absolute Gasteiger partial charge is 0.163 e. The quantitative estimate of drug-likeness (QED) is 0.881. The molecule has 112 valence electrons. The highest BCUT2D eigenvalue weighted by Gasteiger charge is 2.40. The Bertz CT molecular complexity index is 557. The first-order valence-corrected chi connectivity index (χ1v) is 7.51. The highest BCUT2D eigenvalue weighted by Crippen LogP contribution is 2.49. The number of phenolic OH excluding ortho intramolecular Hbond substituents is 1. The van der Waals surface area contributed by atoms with Crippen LogP contribution in [0.2, 0.25) is 0 Å². The predicted octanol–water partition coefficient (Wildman–Crippen LogP) is 1.63. The minimum absolute atomic E-state index is 0.122. The summed E-state index contributed by atoms with van der Waals surface area (Å²) >= 11 is 0. The number of methoxy groups -OCH3 is 1. The van der Waals surface area contributed by atoms with Crippen LogP contribution in [-0.4, -0.2) is 43.3 Å². The molecule has 2 fully saturated rings. The predicted molar refractivity (Wildman–Crippen MR) is 79.3 cm³/mol. The van der Waals surface area contributed by atoms with Crippen LogP contribution in [0, 0.1) is 17.2 Å². The molecule has 1 saturated carbocycles. The summed E-state index contributed by atoms with van der Waals surface area (Å²) in [6, 6.07) is 5.78. The van der Waals surface area contributed by atoms with Gasteiger partial charge in [-0.25, -0.2) is 0 Å². The fourth-order valence-electron chi connectivity index (χ4n) is 3.24. The summed E-state index contributed by atoms with van der Waals surface area (Å²) < 4.78 is 5.23. The first kappa shape index (κ1) is 14.2. The lowest BCUT2D eigenvalue weighted by atomic mass is 9.94. The van der Waals surface area contributed by atoms with Crippen molar-refractivity contribution >= 4 is 0 Å². The van der Waals surface area contributed by atoms with Gasteiger partial charge in [-0.3, -0.25) is 4.90 Å². The topological polar surface area (TPSA) is 68.5 Å². The standard InChI is InChI=1S/C16H21N3O2/c1-21-13-5-4-12(10-17)14(16(13)20)15(11-2-3-11)19-8-6-18-7-9-19/h4-5,11,15,18,20H,2-3,6-9H2,1H3/t15-/m0/s1. The van der Waals surface area contributed by atoms with Crippen LogP contribution in [0.4, 0.5) is 0 Å². The van der Waals surface area contributed by atoms with E-state index in [1.165, 1.54) is 0 Å². The van der Waals surface area contributed by atoms with Crippen LogP contribution in [0.3, 0.4) is 0 Å². The molecule has 1 aromatic carbocycles. The van der Waals surface area contributed by atoms with Gasteiger partial charge in [-0.1, -0.05) is 0 Å². The molecule has 0 radical (unpaired) electrons. The second-order valence-corrected chi connectivity index (χ2v) is 5.76. The Balaban J connectivity index is 2.04. The molecule has 2 aliphatic rings. The average molecular weight is 287 g/mol. The van der Waals surface area contributed by atoms with Gasteiger partial charge in [0.1, 0.15) is 0 Å². The molecule has 0 spiro atoms. The molecule has 1 atom stereocenters. The van der Waals surface area contributed by atoms with Gasteiger partial charge in [-0.2, -0.15) is 5.26 Å². The van der Waals surface area contributed by atoms with Crippen LogP contribution < -0.4 is 10.1 Å². The number of nitrogens with one attached hydrogen (secondary N) is 1. The Morgan fingerprint density at radius 2 is 2.10 bits per heavy atom. The van der Waals surface area contributed by atoms with E-state index in [1.54, 1.807) is 19.2 Å². The van der Waals surface area contributed by atoms with Gasteiger partial charge in [0, 0.05) is 37.8 Å². The zero-order chi connectivity index (χ0) is 14.8. The Hall–Kier alpha value is -1.77. The van der Waals surface area contributed by atoms with E-state index >= 15 is 0 Å². The van der Waals surface area contributed by atoms with Crippen molar-refractivity contribution in [1.29, 1.82) is 5.26 Å². The molecule has 0 bridgehead atoms. The Morgan fingerprint density at radius 1 is 1.38 bits per heavy atom. The molecule has 5 heteroatoms. The van der Waals surface area contributed by atoms with Crippen molar-refractivity contribution in [2.45, 2.75) is 18.9 Å². The molecule has 1 heterocycles. The molecule has 21 heavy (non-hydrogen) atoms. The summed E-state index contributed by atoms with van der Waals surface area (Å²) in [5.74, 6) is 1.12. The number of hydrogen-bond donors (Lipinski definition) is 2. The van der Waals surface area contributed by atoms with Crippen LogP contribution in [-0.2, 0) is 0 Å². The van der Waals surface area contributed by atoms with Gasteiger partial charge >= 0.3 is 0 Å². The third-order valence-electron chi connectivity index (χ3n) is 4.43. The monoisotopic (exact) mass is 287 g/mol. The van der Waals surface area contributed by atoms with Crippen molar-refractivity contribution in [3.63, 3.8) is 0 Å². The number of nitriles is 1. The molecular weight excluding hydrogens is 266 g/mol. The van der Waals surface area contributed by atoms with Gasteiger partial charge in [-0.05, 0) is 30.9 Å². The number of ether oxygens (including phenoxy) is 1. The summed E-state index contributed by atoms with van der Waals surface area (Å²) in [5, 5.41) is 23.3. The highest BCUT2D eigenvalue weighted by atomic mass is 16.5. The van der Waals surface area contributed by atoms with Gasteiger partial charge in [0.05, 0.1) is 18.7 Å². The number of benzene rings is 1. The fourth-order valence-corrected chi connectivity index (χ4v) is 3.24. The molecule has 1 aliphatic heterocycles. The Labute approximate surface area is 125 Å². The summed E-state index contributed by atoms with van der Waals surface area (Å²) in [6.07, 6.45) is 2.33. The molecule has 2 N–H and O–H groups in total. The lowest BCUT2D eigenvalue weighted by Crippen LogP contribution is -2.45. The van der Waals surface area contributed by atoms with Crippen molar-refractivity contribution in [2.24, 2.45) is 5.92 Å². The van der Waals surface area contributed by atoms with Crippen LogP contribution in [0.15, 0.2) is 12.1 Å². The normalized spacial score (nSPS) is 20.8. The third-order valence-corrected chi connectivity index (χ3v) is 4.43. The zero-order valence-electron chi connectivity index (χ0n) is 12.3. The number of nitrogens with zero attached hydrogens (tertiary/aromatic N) is 2.